The maximum absolute atomic E-state index is 13.1. The highest BCUT2D eigenvalue weighted by Gasteiger charge is 2.50. The molecule has 1 aliphatic heterocycles. The number of unbranched alkanes of at least 4 members (excludes halogenated alkanes) is 7. The molecule has 0 aromatic heterocycles. The van der Waals surface area contributed by atoms with E-state index in [9.17, 15) is 34.5 Å². The van der Waals surface area contributed by atoms with Crippen molar-refractivity contribution in [2.24, 2.45) is 0 Å². The minimum Gasteiger partial charge on any atom is -0.479 e. The van der Waals surface area contributed by atoms with Crippen LogP contribution in [-0.2, 0) is 42.9 Å². The van der Waals surface area contributed by atoms with Gasteiger partial charge in [-0.2, -0.15) is 0 Å². The summed E-state index contributed by atoms with van der Waals surface area (Å²) in [5, 5.41) is 31.4. The van der Waals surface area contributed by atoms with Gasteiger partial charge in [0.05, 0.1) is 13.0 Å². The fourth-order valence-corrected chi connectivity index (χ4v) is 7.27. The van der Waals surface area contributed by atoms with Crippen molar-refractivity contribution in [2.45, 2.75) is 212 Å². The summed E-state index contributed by atoms with van der Waals surface area (Å²) in [5.74, 6) is -3.39. The second kappa shape index (κ2) is 49.5. The summed E-state index contributed by atoms with van der Waals surface area (Å²) >= 11 is 0. The summed E-state index contributed by atoms with van der Waals surface area (Å²) in [6.07, 6.45) is 58.6. The second-order valence-electron chi connectivity index (χ2n) is 18.1. The number of carboxylic acids is 1. The molecule has 1 heterocycles. The van der Waals surface area contributed by atoms with Gasteiger partial charge in [0, 0.05) is 12.8 Å². The fraction of sp³-hybridized carbons (Fsp3) is 0.556. The lowest BCUT2D eigenvalue weighted by Crippen LogP contribution is -2.61. The van der Waals surface area contributed by atoms with Gasteiger partial charge in [-0.1, -0.05) is 186 Å². The molecule has 6 atom stereocenters. The Balaban J connectivity index is 2.81. The minimum atomic E-state index is -1.94. The lowest BCUT2D eigenvalue weighted by molar-refractivity contribution is -0.301. The van der Waals surface area contributed by atoms with Gasteiger partial charge >= 0.3 is 23.9 Å². The molecular weight excluding hydrogens is 949 g/mol. The molecule has 3 N–H and O–H groups in total. The van der Waals surface area contributed by atoms with Gasteiger partial charge in [0.15, 0.2) is 24.6 Å². The van der Waals surface area contributed by atoms with Gasteiger partial charge in [-0.25, -0.2) is 4.79 Å². The lowest BCUT2D eigenvalue weighted by Gasteiger charge is -2.40. The highest BCUT2D eigenvalue weighted by Crippen LogP contribution is 2.26. The predicted molar refractivity (Wildman–Crippen MR) is 302 cm³/mol. The van der Waals surface area contributed by atoms with Crippen molar-refractivity contribution in [2.75, 3.05) is 13.2 Å². The van der Waals surface area contributed by atoms with E-state index in [1.54, 1.807) is 6.08 Å². The summed E-state index contributed by atoms with van der Waals surface area (Å²) in [5.41, 5.74) is 0. The van der Waals surface area contributed by atoms with Crippen molar-refractivity contribution in [3.63, 3.8) is 0 Å². The molecule has 1 aliphatic rings. The molecule has 418 valence electrons. The Morgan fingerprint density at radius 3 is 1.28 bits per heavy atom. The molecule has 12 heteroatoms. The number of allylic oxidation sites excluding steroid dienone is 23. The molecule has 0 spiro atoms. The van der Waals surface area contributed by atoms with Crippen LogP contribution in [0.4, 0.5) is 0 Å². The van der Waals surface area contributed by atoms with E-state index in [0.29, 0.717) is 19.3 Å². The Hall–Kier alpha value is -5.40. The van der Waals surface area contributed by atoms with Crippen molar-refractivity contribution >= 4 is 23.9 Å². The Kier molecular flexibility index (Phi) is 44.6. The molecule has 0 radical (unpaired) electrons. The zero-order chi connectivity index (χ0) is 54.7. The highest BCUT2D eigenvalue weighted by molar-refractivity contribution is 5.74. The summed E-state index contributed by atoms with van der Waals surface area (Å²) < 4.78 is 28.2. The first-order valence-corrected chi connectivity index (χ1v) is 27.8. The molecule has 1 saturated heterocycles. The van der Waals surface area contributed by atoms with Crippen LogP contribution in [0.5, 0.6) is 0 Å². The van der Waals surface area contributed by atoms with Gasteiger partial charge in [0.1, 0.15) is 18.8 Å². The van der Waals surface area contributed by atoms with Gasteiger partial charge in [-0.15, -0.1) is 0 Å². The fourth-order valence-electron chi connectivity index (χ4n) is 7.27. The van der Waals surface area contributed by atoms with Crippen LogP contribution in [0, 0.1) is 0 Å². The van der Waals surface area contributed by atoms with Crippen LogP contribution in [0.2, 0.25) is 0 Å². The molecular formula is C63H94O12. The summed E-state index contributed by atoms with van der Waals surface area (Å²) in [6.45, 7) is 5.49. The third kappa shape index (κ3) is 39.7. The Bertz CT molecular complexity index is 1860. The number of aliphatic carboxylic acids is 1. The van der Waals surface area contributed by atoms with Crippen LogP contribution in [-0.4, -0.2) is 89.2 Å². The smallest absolute Gasteiger partial charge is 0.335 e. The molecule has 0 bridgehead atoms. The van der Waals surface area contributed by atoms with Crippen molar-refractivity contribution in [1.29, 1.82) is 0 Å². The Morgan fingerprint density at radius 1 is 0.453 bits per heavy atom. The van der Waals surface area contributed by atoms with Crippen molar-refractivity contribution in [3.05, 3.63) is 146 Å². The number of carbonyl (C=O) groups excluding carboxylic acids is 3. The first kappa shape index (κ1) is 67.6. The average molecular weight is 1040 g/mol. The SMILES string of the molecule is CC/C=C\C/C=C\C/C=C\C/C=C\C/C=C\CC(=O)OC(COC(=O)CCCCCC/C=C\C/C=C\C/C=C\C/C=C\CC)COC1OC(C(=O)O)C(O)C(O)C1OC(=O)CCCCC/C=C\C/C=C\C/C=C\CC. The molecule has 1 fully saturated rings. The van der Waals surface area contributed by atoms with E-state index in [0.717, 1.165) is 116 Å². The van der Waals surface area contributed by atoms with Gasteiger partial charge in [0.2, 0.25) is 0 Å². The van der Waals surface area contributed by atoms with E-state index in [-0.39, 0.29) is 25.9 Å². The number of rotatable bonds is 44. The van der Waals surface area contributed by atoms with E-state index in [1.807, 2.05) is 18.2 Å². The zero-order valence-corrected chi connectivity index (χ0v) is 45.7. The molecule has 0 saturated carbocycles. The summed E-state index contributed by atoms with van der Waals surface area (Å²) in [7, 11) is 0. The molecule has 1 rings (SSSR count). The molecule has 12 nitrogen and oxygen atoms in total. The zero-order valence-electron chi connectivity index (χ0n) is 45.7. The number of hydrogen-bond donors (Lipinski definition) is 3. The van der Waals surface area contributed by atoms with E-state index in [1.165, 1.54) is 0 Å². The Morgan fingerprint density at radius 2 is 0.840 bits per heavy atom. The van der Waals surface area contributed by atoms with Crippen LogP contribution in [0.3, 0.4) is 0 Å². The highest BCUT2D eigenvalue weighted by atomic mass is 16.7. The first-order valence-electron chi connectivity index (χ1n) is 27.8. The number of carboxylic acid groups (broad SMARTS) is 1. The standard InChI is InChI=1S/C63H94O12/c1-4-7-10-13-16-19-22-25-27-28-30-32-34-37-40-43-46-49-55(64)71-52-54(73-56(65)50-47-44-41-38-36-33-29-26-23-20-17-14-11-8-5-2)53-72-63-61(59(68)58(67)60(75-63)62(69)70)74-57(66)51-48-45-42-39-35-31-24-21-18-15-12-9-6-3/h7-12,16-21,25-27,29-32,35-36,38,44,47,54,58-61,63,67-68H,4-6,13-15,22-24,28,33-34,37,39-43,45-46,48-53H2,1-3H3,(H,69,70)/b10-7-,11-8-,12-9-,19-16-,20-17-,21-18-,27-25-,29-26-,32-30-,35-31-,38-36-,47-44-. The van der Waals surface area contributed by atoms with Gasteiger partial charge in [0.25, 0.3) is 0 Å². The lowest BCUT2D eigenvalue weighted by atomic mass is 9.98. The van der Waals surface area contributed by atoms with Crippen molar-refractivity contribution in [3.8, 4) is 0 Å². The quantitative estimate of drug-likeness (QED) is 0.0228. The monoisotopic (exact) mass is 1040 g/mol. The molecule has 0 aromatic carbocycles. The number of carbonyl (C=O) groups is 4. The second-order valence-corrected chi connectivity index (χ2v) is 18.1. The average Bonchev–Trinajstić information content (AvgIpc) is 3.39. The molecule has 75 heavy (non-hydrogen) atoms. The van der Waals surface area contributed by atoms with E-state index in [2.05, 4.69) is 142 Å². The van der Waals surface area contributed by atoms with Crippen molar-refractivity contribution in [1.82, 2.24) is 0 Å². The van der Waals surface area contributed by atoms with Crippen molar-refractivity contribution < 1.29 is 58.2 Å². The molecule has 0 aliphatic carbocycles. The number of esters is 3. The number of ether oxygens (including phenoxy) is 5. The number of aliphatic hydroxyl groups excluding tert-OH is 2. The number of aliphatic hydroxyl groups is 2. The van der Waals surface area contributed by atoms with E-state index >= 15 is 0 Å². The van der Waals surface area contributed by atoms with Crippen LogP contribution in [0.1, 0.15) is 175 Å². The minimum absolute atomic E-state index is 0.00338. The third-order valence-electron chi connectivity index (χ3n) is 11.4. The van der Waals surface area contributed by atoms with Gasteiger partial charge in [-0.05, 0) is 116 Å². The Labute approximate surface area is 451 Å². The van der Waals surface area contributed by atoms with E-state index in [4.69, 9.17) is 23.7 Å². The molecule has 0 amide bonds. The van der Waals surface area contributed by atoms with Crippen LogP contribution in [0.15, 0.2) is 146 Å². The maximum Gasteiger partial charge on any atom is 0.335 e. The first-order chi connectivity index (χ1) is 36.6. The van der Waals surface area contributed by atoms with Crippen LogP contribution < -0.4 is 0 Å². The summed E-state index contributed by atoms with van der Waals surface area (Å²) in [6, 6.07) is 0. The van der Waals surface area contributed by atoms with E-state index < -0.39 is 67.3 Å². The van der Waals surface area contributed by atoms with Crippen LogP contribution >= 0.6 is 0 Å². The van der Waals surface area contributed by atoms with Gasteiger partial charge in [-0.3, -0.25) is 14.4 Å². The topological polar surface area (TPSA) is 175 Å². The molecule has 0 aromatic rings. The normalized spacial score (nSPS) is 19.3. The summed E-state index contributed by atoms with van der Waals surface area (Å²) in [4.78, 5) is 51.0. The third-order valence-corrected chi connectivity index (χ3v) is 11.4. The maximum atomic E-state index is 13.1. The largest absolute Gasteiger partial charge is 0.479 e. The van der Waals surface area contributed by atoms with Crippen LogP contribution in [0.25, 0.3) is 0 Å². The van der Waals surface area contributed by atoms with Gasteiger partial charge < -0.3 is 39.0 Å². The number of hydrogen-bond acceptors (Lipinski definition) is 11. The molecule has 6 unspecified atom stereocenters. The predicted octanol–water partition coefficient (Wildman–Crippen LogP) is 14.0.